The standard InChI is InChI=1S/C8H17ClO3S/c1-8(2,3)7(5-12-4)6-13(9,10)11/h7H,5-6H2,1-4H3. The first kappa shape index (κ1) is 13.2. The molecule has 1 atom stereocenters. The molecule has 0 rings (SSSR count). The molecule has 3 nitrogen and oxygen atoms in total. The Balaban J connectivity index is 4.45. The lowest BCUT2D eigenvalue weighted by Gasteiger charge is -2.28. The number of hydrogen-bond acceptors (Lipinski definition) is 3. The van der Waals surface area contributed by atoms with E-state index >= 15 is 0 Å². The van der Waals surface area contributed by atoms with Crippen molar-refractivity contribution in [1.29, 1.82) is 0 Å². The molecule has 0 aromatic carbocycles. The van der Waals surface area contributed by atoms with Crippen LogP contribution >= 0.6 is 10.7 Å². The normalized spacial score (nSPS) is 15.8. The van der Waals surface area contributed by atoms with Gasteiger partial charge in [0.05, 0.1) is 12.4 Å². The van der Waals surface area contributed by atoms with Crippen LogP contribution < -0.4 is 0 Å². The molecule has 0 N–H and O–H groups in total. The van der Waals surface area contributed by atoms with Gasteiger partial charge >= 0.3 is 0 Å². The average molecular weight is 229 g/mol. The van der Waals surface area contributed by atoms with E-state index in [4.69, 9.17) is 15.4 Å². The summed E-state index contributed by atoms with van der Waals surface area (Å²) in [5.74, 6) is -0.105. The number of ether oxygens (including phenoxy) is 1. The molecule has 13 heavy (non-hydrogen) atoms. The summed E-state index contributed by atoms with van der Waals surface area (Å²) in [4.78, 5) is 0. The minimum Gasteiger partial charge on any atom is -0.384 e. The number of halogens is 1. The van der Waals surface area contributed by atoms with Crippen LogP contribution in [0, 0.1) is 11.3 Å². The molecule has 0 saturated carbocycles. The first-order valence-electron chi connectivity index (χ1n) is 4.08. The van der Waals surface area contributed by atoms with Crippen molar-refractivity contribution < 1.29 is 13.2 Å². The summed E-state index contributed by atoms with van der Waals surface area (Å²) >= 11 is 0. The van der Waals surface area contributed by atoms with Gasteiger partial charge in [-0.3, -0.25) is 0 Å². The monoisotopic (exact) mass is 228 g/mol. The van der Waals surface area contributed by atoms with E-state index in [1.165, 1.54) is 0 Å². The van der Waals surface area contributed by atoms with E-state index in [2.05, 4.69) is 0 Å². The van der Waals surface area contributed by atoms with Crippen molar-refractivity contribution in [2.45, 2.75) is 20.8 Å². The van der Waals surface area contributed by atoms with Crippen LogP contribution in [0.3, 0.4) is 0 Å². The predicted octanol–water partition coefficient (Wildman–Crippen LogP) is 1.86. The first-order valence-corrected chi connectivity index (χ1v) is 6.56. The van der Waals surface area contributed by atoms with Crippen molar-refractivity contribution in [1.82, 2.24) is 0 Å². The van der Waals surface area contributed by atoms with Gasteiger partial charge in [-0.2, -0.15) is 0 Å². The van der Waals surface area contributed by atoms with Crippen LogP contribution in [0.5, 0.6) is 0 Å². The molecule has 0 aliphatic rings. The summed E-state index contributed by atoms with van der Waals surface area (Å²) in [5.41, 5.74) is -0.113. The quantitative estimate of drug-likeness (QED) is 0.690. The molecule has 0 aliphatic heterocycles. The zero-order chi connectivity index (χ0) is 10.7. The maximum absolute atomic E-state index is 10.9. The van der Waals surface area contributed by atoms with Gasteiger partial charge < -0.3 is 4.74 Å². The third-order valence-corrected chi connectivity index (χ3v) is 3.17. The van der Waals surface area contributed by atoms with E-state index in [1.54, 1.807) is 7.11 Å². The maximum atomic E-state index is 10.9. The van der Waals surface area contributed by atoms with Crippen molar-refractivity contribution in [3.8, 4) is 0 Å². The van der Waals surface area contributed by atoms with Gasteiger partial charge in [-0.15, -0.1) is 0 Å². The molecule has 1 unspecified atom stereocenters. The average Bonchev–Trinajstić information content (AvgIpc) is 1.81. The SMILES string of the molecule is COCC(CS(=O)(=O)Cl)C(C)(C)C. The Bertz CT molecular complexity index is 241. The molecular formula is C8H17ClO3S. The summed E-state index contributed by atoms with van der Waals surface area (Å²) in [7, 11) is 3.31. The largest absolute Gasteiger partial charge is 0.384 e. The zero-order valence-corrected chi connectivity index (χ0v) is 10.1. The van der Waals surface area contributed by atoms with Gasteiger partial charge in [-0.25, -0.2) is 8.42 Å². The third kappa shape index (κ3) is 6.29. The fourth-order valence-corrected chi connectivity index (χ4v) is 2.52. The van der Waals surface area contributed by atoms with Crippen LogP contribution in [0.4, 0.5) is 0 Å². The maximum Gasteiger partial charge on any atom is 0.232 e. The van der Waals surface area contributed by atoms with E-state index in [9.17, 15) is 8.42 Å². The van der Waals surface area contributed by atoms with Crippen LogP contribution in [0.25, 0.3) is 0 Å². The molecular weight excluding hydrogens is 212 g/mol. The molecule has 80 valence electrons. The van der Waals surface area contributed by atoms with Crippen molar-refractivity contribution in [2.24, 2.45) is 11.3 Å². The summed E-state index contributed by atoms with van der Waals surface area (Å²) in [6.07, 6.45) is 0. The van der Waals surface area contributed by atoms with Gasteiger partial charge in [0, 0.05) is 23.7 Å². The highest BCUT2D eigenvalue weighted by atomic mass is 35.7. The molecule has 0 spiro atoms. The van der Waals surface area contributed by atoms with Gasteiger partial charge in [0.15, 0.2) is 0 Å². The Hall–Kier alpha value is 0.200. The van der Waals surface area contributed by atoms with E-state index in [-0.39, 0.29) is 17.1 Å². The van der Waals surface area contributed by atoms with Crippen LogP contribution in [-0.4, -0.2) is 27.9 Å². The molecule has 0 bridgehead atoms. The summed E-state index contributed by atoms with van der Waals surface area (Å²) in [6.45, 7) is 6.33. The smallest absolute Gasteiger partial charge is 0.232 e. The second-order valence-electron chi connectivity index (χ2n) is 4.22. The lowest BCUT2D eigenvalue weighted by atomic mass is 9.82. The zero-order valence-electron chi connectivity index (χ0n) is 8.50. The minimum absolute atomic E-state index is 0.0358. The van der Waals surface area contributed by atoms with Crippen molar-refractivity contribution in [3.05, 3.63) is 0 Å². The molecule has 0 radical (unpaired) electrons. The Morgan fingerprint density at radius 3 is 2.08 bits per heavy atom. The summed E-state index contributed by atoms with van der Waals surface area (Å²) in [5, 5.41) is 0. The topological polar surface area (TPSA) is 43.4 Å². The minimum atomic E-state index is -3.44. The second-order valence-corrected chi connectivity index (χ2v) is 7.05. The fraction of sp³-hybridized carbons (Fsp3) is 1.00. The predicted molar refractivity (Wildman–Crippen MR) is 54.5 cm³/mol. The molecule has 0 fully saturated rings. The Labute approximate surface area is 84.8 Å². The lowest BCUT2D eigenvalue weighted by Crippen LogP contribution is -2.30. The molecule has 0 amide bonds. The Morgan fingerprint density at radius 2 is 1.85 bits per heavy atom. The second kappa shape index (κ2) is 4.62. The van der Waals surface area contributed by atoms with Crippen molar-refractivity contribution >= 4 is 19.7 Å². The lowest BCUT2D eigenvalue weighted by molar-refractivity contribution is 0.103. The highest BCUT2D eigenvalue weighted by Gasteiger charge is 2.28. The van der Waals surface area contributed by atoms with Gasteiger partial charge in [0.2, 0.25) is 9.05 Å². The van der Waals surface area contributed by atoms with Crippen LogP contribution in [0.1, 0.15) is 20.8 Å². The van der Waals surface area contributed by atoms with Crippen molar-refractivity contribution in [2.75, 3.05) is 19.5 Å². The summed E-state index contributed by atoms with van der Waals surface area (Å²) in [6, 6.07) is 0. The van der Waals surface area contributed by atoms with Gasteiger partial charge in [0.25, 0.3) is 0 Å². The fourth-order valence-electron chi connectivity index (χ4n) is 0.990. The number of methoxy groups -OCH3 is 1. The number of rotatable bonds is 4. The van der Waals surface area contributed by atoms with Gasteiger partial charge in [-0.05, 0) is 5.41 Å². The van der Waals surface area contributed by atoms with E-state index in [1.807, 2.05) is 20.8 Å². The molecule has 0 aromatic heterocycles. The molecule has 5 heteroatoms. The highest BCUT2D eigenvalue weighted by molar-refractivity contribution is 8.13. The van der Waals surface area contributed by atoms with Crippen LogP contribution in [0.15, 0.2) is 0 Å². The highest BCUT2D eigenvalue weighted by Crippen LogP contribution is 2.28. The van der Waals surface area contributed by atoms with Gasteiger partial charge in [0.1, 0.15) is 0 Å². The van der Waals surface area contributed by atoms with E-state index < -0.39 is 9.05 Å². The summed E-state index contributed by atoms with van der Waals surface area (Å²) < 4.78 is 26.7. The van der Waals surface area contributed by atoms with Crippen molar-refractivity contribution in [3.63, 3.8) is 0 Å². The molecule has 0 aromatic rings. The molecule has 0 saturated heterocycles. The van der Waals surface area contributed by atoms with Gasteiger partial charge in [-0.1, -0.05) is 20.8 Å². The number of hydrogen-bond donors (Lipinski definition) is 0. The van der Waals surface area contributed by atoms with Crippen LogP contribution in [0.2, 0.25) is 0 Å². The molecule has 0 heterocycles. The first-order chi connectivity index (χ1) is 5.67. The van der Waals surface area contributed by atoms with E-state index in [0.29, 0.717) is 6.61 Å². The van der Waals surface area contributed by atoms with E-state index in [0.717, 1.165) is 0 Å². The Kier molecular flexibility index (Phi) is 4.69. The Morgan fingerprint density at radius 1 is 1.38 bits per heavy atom. The molecule has 0 aliphatic carbocycles. The van der Waals surface area contributed by atoms with Crippen LogP contribution in [-0.2, 0) is 13.8 Å². The third-order valence-electron chi connectivity index (χ3n) is 1.99.